The summed E-state index contributed by atoms with van der Waals surface area (Å²) in [6.45, 7) is 8.74. The molecule has 0 saturated carbocycles. The zero-order valence-electron chi connectivity index (χ0n) is 20.7. The molecule has 0 aromatic carbocycles. The van der Waals surface area contributed by atoms with Crippen LogP contribution in [-0.4, -0.2) is 77.6 Å². The van der Waals surface area contributed by atoms with Gasteiger partial charge in [-0.05, 0) is 32.8 Å². The van der Waals surface area contributed by atoms with E-state index in [9.17, 15) is 14.7 Å². The Morgan fingerprint density at radius 3 is 2.58 bits per heavy atom. The fourth-order valence-electron chi connectivity index (χ4n) is 4.83. The summed E-state index contributed by atoms with van der Waals surface area (Å²) in [6.07, 6.45) is 5.46. The lowest BCUT2D eigenvalue weighted by atomic mass is 9.72. The van der Waals surface area contributed by atoms with E-state index in [1.165, 1.54) is 6.07 Å². The van der Waals surface area contributed by atoms with Crippen LogP contribution in [0, 0.1) is 5.41 Å². The highest BCUT2D eigenvalue weighted by Gasteiger charge is 2.45. The Bertz CT molecular complexity index is 1290. The van der Waals surface area contributed by atoms with Gasteiger partial charge in [0.15, 0.2) is 11.6 Å². The number of rotatable bonds is 6. The van der Waals surface area contributed by atoms with E-state index in [-0.39, 0.29) is 16.9 Å². The third-order valence-electron chi connectivity index (χ3n) is 6.73. The van der Waals surface area contributed by atoms with E-state index in [2.05, 4.69) is 30.5 Å². The molecule has 12 heteroatoms. The number of carbonyl (C=O) groups is 1. The molecule has 190 valence electrons. The van der Waals surface area contributed by atoms with Gasteiger partial charge in [-0.25, -0.2) is 15.1 Å². The topological polar surface area (TPSA) is 145 Å². The number of H-pyrrole nitrogens is 1. The lowest BCUT2D eigenvalue weighted by molar-refractivity contribution is -0.131. The van der Waals surface area contributed by atoms with Gasteiger partial charge in [-0.3, -0.25) is 14.3 Å². The third-order valence-corrected chi connectivity index (χ3v) is 6.73. The van der Waals surface area contributed by atoms with Crippen molar-refractivity contribution in [3.8, 4) is 11.4 Å². The molecule has 0 radical (unpaired) electrons. The number of nitrogens with zero attached hydrogens (tertiary/aromatic N) is 7. The third kappa shape index (κ3) is 5.23. The molecule has 36 heavy (non-hydrogen) atoms. The molecule has 0 unspecified atom stereocenters. The van der Waals surface area contributed by atoms with Crippen LogP contribution in [0.1, 0.15) is 33.6 Å². The normalized spacial score (nSPS) is 17.2. The predicted octanol–water partition coefficient (Wildman–Crippen LogP) is 1.39. The number of aromatic amines is 1. The standard InChI is InChI=1S/C24H31N9O3/c1-16(34)31-8-6-24(7-9-31)14-32(15-24)20-10-19(26-18-4-5-21(35)30-29-18)27-22(28-20)17-11-25-33(12-17)13-23(2,3)36/h4-5,10-12,36H,6-9,13-15H2,1-3H3,(H,30,35)(H,26,27,28,29). The second-order valence-corrected chi connectivity index (χ2v) is 10.5. The molecule has 0 atom stereocenters. The summed E-state index contributed by atoms with van der Waals surface area (Å²) >= 11 is 0. The molecule has 3 N–H and O–H groups in total. The molecule has 2 aliphatic heterocycles. The number of carbonyl (C=O) groups excluding carboxylic acids is 1. The van der Waals surface area contributed by atoms with Gasteiger partial charge in [-0.1, -0.05) is 0 Å². The van der Waals surface area contributed by atoms with E-state index in [4.69, 9.17) is 4.98 Å². The maximum Gasteiger partial charge on any atom is 0.264 e. The van der Waals surface area contributed by atoms with Gasteiger partial charge in [-0.15, -0.1) is 0 Å². The molecule has 3 aromatic heterocycles. The van der Waals surface area contributed by atoms with Gasteiger partial charge in [0.2, 0.25) is 5.91 Å². The lowest BCUT2D eigenvalue weighted by Gasteiger charge is -2.54. The van der Waals surface area contributed by atoms with Crippen LogP contribution < -0.4 is 15.8 Å². The Morgan fingerprint density at radius 1 is 1.19 bits per heavy atom. The summed E-state index contributed by atoms with van der Waals surface area (Å²) in [6, 6.07) is 4.85. The number of aliphatic hydroxyl groups is 1. The smallest absolute Gasteiger partial charge is 0.264 e. The molecule has 3 aromatic rings. The lowest BCUT2D eigenvalue weighted by Crippen LogP contribution is -2.61. The number of aromatic nitrogens is 6. The monoisotopic (exact) mass is 493 g/mol. The van der Waals surface area contributed by atoms with E-state index < -0.39 is 5.60 Å². The number of hydrogen-bond donors (Lipinski definition) is 3. The van der Waals surface area contributed by atoms with Crippen LogP contribution in [0.5, 0.6) is 0 Å². The van der Waals surface area contributed by atoms with Crippen molar-refractivity contribution in [1.82, 2.24) is 34.8 Å². The number of likely N-dealkylation sites (tertiary alicyclic amines) is 1. The van der Waals surface area contributed by atoms with E-state index in [0.717, 1.165) is 50.4 Å². The first kappa shape index (κ1) is 23.9. The number of amides is 1. The Balaban J connectivity index is 1.40. The Morgan fingerprint density at radius 2 is 1.94 bits per heavy atom. The molecule has 2 aliphatic rings. The summed E-state index contributed by atoms with van der Waals surface area (Å²) < 4.78 is 1.67. The number of anilines is 3. The van der Waals surface area contributed by atoms with Gasteiger partial charge in [0.1, 0.15) is 11.6 Å². The fraction of sp³-hybridized carbons (Fsp3) is 0.500. The molecular formula is C24H31N9O3. The second kappa shape index (κ2) is 9.01. The van der Waals surface area contributed by atoms with E-state index in [1.807, 2.05) is 17.2 Å². The van der Waals surface area contributed by atoms with Crippen molar-refractivity contribution < 1.29 is 9.90 Å². The van der Waals surface area contributed by atoms with Crippen LogP contribution in [0.15, 0.2) is 35.4 Å². The first-order valence-corrected chi connectivity index (χ1v) is 12.1. The van der Waals surface area contributed by atoms with Gasteiger partial charge in [0, 0.05) is 56.8 Å². The summed E-state index contributed by atoms with van der Waals surface area (Å²) in [5, 5.41) is 24.1. The minimum Gasteiger partial charge on any atom is -0.389 e. The van der Waals surface area contributed by atoms with Crippen LogP contribution in [-0.2, 0) is 11.3 Å². The fourth-order valence-corrected chi connectivity index (χ4v) is 4.83. The highest BCUT2D eigenvalue weighted by atomic mass is 16.3. The van der Waals surface area contributed by atoms with Crippen LogP contribution >= 0.6 is 0 Å². The Kier molecular flexibility index (Phi) is 5.99. The minimum atomic E-state index is -0.904. The van der Waals surface area contributed by atoms with E-state index >= 15 is 0 Å². The van der Waals surface area contributed by atoms with Crippen molar-refractivity contribution in [2.24, 2.45) is 5.41 Å². The van der Waals surface area contributed by atoms with Gasteiger partial charge in [0.05, 0.1) is 23.9 Å². The summed E-state index contributed by atoms with van der Waals surface area (Å²) in [5.74, 6) is 2.41. The van der Waals surface area contributed by atoms with Crippen LogP contribution in [0.4, 0.5) is 17.5 Å². The van der Waals surface area contributed by atoms with Crippen molar-refractivity contribution in [2.45, 2.75) is 45.8 Å². The maximum atomic E-state index is 11.7. The van der Waals surface area contributed by atoms with Crippen LogP contribution in [0.2, 0.25) is 0 Å². The highest BCUT2D eigenvalue weighted by Crippen LogP contribution is 2.42. The van der Waals surface area contributed by atoms with Crippen molar-refractivity contribution in [3.05, 3.63) is 40.9 Å². The predicted molar refractivity (Wildman–Crippen MR) is 134 cm³/mol. The summed E-state index contributed by atoms with van der Waals surface area (Å²) in [5.41, 5.74) is -0.268. The number of hydrogen-bond acceptors (Lipinski definition) is 9. The van der Waals surface area contributed by atoms with Crippen molar-refractivity contribution in [3.63, 3.8) is 0 Å². The molecule has 12 nitrogen and oxygen atoms in total. The first-order valence-electron chi connectivity index (χ1n) is 12.1. The molecular weight excluding hydrogens is 462 g/mol. The Hall–Kier alpha value is -3.80. The summed E-state index contributed by atoms with van der Waals surface area (Å²) in [7, 11) is 0. The number of piperidine rings is 1. The molecule has 2 fully saturated rings. The van der Waals surface area contributed by atoms with E-state index in [1.54, 1.807) is 37.7 Å². The molecule has 1 amide bonds. The molecule has 0 bridgehead atoms. The molecule has 5 heterocycles. The van der Waals surface area contributed by atoms with Gasteiger partial charge >= 0.3 is 0 Å². The zero-order valence-corrected chi connectivity index (χ0v) is 20.7. The SMILES string of the molecule is CC(=O)N1CCC2(CC1)CN(c1cc(Nc3ccc(=O)[nH]n3)nc(-c3cnn(CC(C)(C)O)c3)n1)C2. The van der Waals surface area contributed by atoms with Crippen molar-refractivity contribution in [1.29, 1.82) is 0 Å². The maximum absolute atomic E-state index is 11.7. The van der Waals surface area contributed by atoms with Crippen LogP contribution in [0.25, 0.3) is 11.4 Å². The molecule has 5 rings (SSSR count). The average Bonchev–Trinajstić information content (AvgIpc) is 3.25. The largest absolute Gasteiger partial charge is 0.389 e. The van der Waals surface area contributed by atoms with Gasteiger partial charge in [0.25, 0.3) is 5.56 Å². The first-order chi connectivity index (χ1) is 17.1. The van der Waals surface area contributed by atoms with Gasteiger partial charge in [-0.2, -0.15) is 10.2 Å². The molecule has 0 aliphatic carbocycles. The van der Waals surface area contributed by atoms with Crippen molar-refractivity contribution >= 4 is 23.4 Å². The van der Waals surface area contributed by atoms with E-state index in [0.29, 0.717) is 24.0 Å². The molecule has 1 spiro atoms. The average molecular weight is 494 g/mol. The highest BCUT2D eigenvalue weighted by molar-refractivity contribution is 5.73. The minimum absolute atomic E-state index is 0.137. The zero-order chi connectivity index (χ0) is 25.5. The Labute approximate surface area is 208 Å². The second-order valence-electron chi connectivity index (χ2n) is 10.5. The summed E-state index contributed by atoms with van der Waals surface area (Å²) in [4.78, 5) is 36.7. The number of nitrogens with one attached hydrogen (secondary N) is 2. The van der Waals surface area contributed by atoms with Crippen LogP contribution in [0.3, 0.4) is 0 Å². The van der Waals surface area contributed by atoms with Gasteiger partial charge < -0.3 is 20.2 Å². The quantitative estimate of drug-likeness (QED) is 0.464. The van der Waals surface area contributed by atoms with Crippen molar-refractivity contribution in [2.75, 3.05) is 36.4 Å². The molecule has 2 saturated heterocycles.